The fourth-order valence-corrected chi connectivity index (χ4v) is 3.86. The Morgan fingerprint density at radius 2 is 2.04 bits per heavy atom. The van der Waals surface area contributed by atoms with E-state index >= 15 is 4.39 Å². The van der Waals surface area contributed by atoms with E-state index in [1.165, 1.54) is 0 Å². The fourth-order valence-electron chi connectivity index (χ4n) is 3.86. The van der Waals surface area contributed by atoms with Crippen molar-refractivity contribution < 1.29 is 23.8 Å². The van der Waals surface area contributed by atoms with Crippen LogP contribution in [-0.4, -0.2) is 67.6 Å². The van der Waals surface area contributed by atoms with Gasteiger partial charge in [-0.2, -0.15) is 0 Å². The van der Waals surface area contributed by atoms with Gasteiger partial charge in [-0.25, -0.2) is 9.18 Å². The number of hydrogen-bond acceptors (Lipinski definition) is 6. The van der Waals surface area contributed by atoms with Gasteiger partial charge in [-0.3, -0.25) is 9.44 Å². The van der Waals surface area contributed by atoms with Crippen molar-refractivity contribution in [3.05, 3.63) is 34.4 Å². The third-order valence-electron chi connectivity index (χ3n) is 5.52. The SMILES string of the molecule is CC1COc2c(N3CCN(C)CC3)c(F)cc3c2[N+]1([O-])C=C(C(=O)O)C3=O. The Bertz CT molecular complexity index is 878. The van der Waals surface area contributed by atoms with Crippen LogP contribution in [0.4, 0.5) is 15.8 Å². The molecule has 144 valence electrons. The summed E-state index contributed by atoms with van der Waals surface area (Å²) in [7, 11) is 1.97. The molecular weight excluding hydrogens is 357 g/mol. The average molecular weight is 377 g/mol. The van der Waals surface area contributed by atoms with E-state index in [1.54, 1.807) is 6.92 Å². The van der Waals surface area contributed by atoms with Crippen molar-refractivity contribution in [2.75, 3.05) is 44.7 Å². The Kier molecular flexibility index (Phi) is 3.99. The third kappa shape index (κ3) is 2.53. The minimum Gasteiger partial charge on any atom is -0.622 e. The van der Waals surface area contributed by atoms with Crippen LogP contribution in [0.1, 0.15) is 17.3 Å². The summed E-state index contributed by atoms with van der Waals surface area (Å²) in [4.78, 5) is 28.0. The molecule has 0 aromatic heterocycles. The number of nitrogens with zero attached hydrogens (tertiary/aromatic N) is 3. The Morgan fingerprint density at radius 3 is 2.67 bits per heavy atom. The maximum Gasteiger partial charge on any atom is 0.345 e. The van der Waals surface area contributed by atoms with Crippen LogP contribution >= 0.6 is 0 Å². The molecule has 2 atom stereocenters. The standard InChI is InChI=1S/C18H20FN3O5/c1-10-9-27-17-14(21-5-3-20(2)4-6-21)13(19)7-11-15(17)22(10,26)8-12(16(11)23)18(24)25/h7-8,10H,3-6,9H2,1-2H3,(H,24,25). The number of halogens is 1. The number of anilines is 1. The number of likely N-dealkylation sites (N-methyl/N-ethyl adjacent to an activating group) is 1. The molecule has 1 N–H and O–H groups in total. The molecule has 3 heterocycles. The van der Waals surface area contributed by atoms with Crippen molar-refractivity contribution in [1.82, 2.24) is 9.55 Å². The lowest BCUT2D eigenvalue weighted by atomic mass is 9.93. The van der Waals surface area contributed by atoms with Crippen molar-refractivity contribution in [3.63, 3.8) is 0 Å². The zero-order valence-corrected chi connectivity index (χ0v) is 15.1. The normalized spacial score (nSPS) is 27.7. The second-order valence-corrected chi connectivity index (χ2v) is 7.27. The number of carboxylic acids is 1. The highest BCUT2D eigenvalue weighted by Crippen LogP contribution is 2.51. The highest BCUT2D eigenvalue weighted by molar-refractivity contribution is 6.27. The molecule has 1 saturated heterocycles. The Labute approximate surface area is 155 Å². The van der Waals surface area contributed by atoms with E-state index in [4.69, 9.17) is 4.74 Å². The van der Waals surface area contributed by atoms with Gasteiger partial charge in [0.15, 0.2) is 17.1 Å². The van der Waals surface area contributed by atoms with Gasteiger partial charge in [0.25, 0.3) is 0 Å². The van der Waals surface area contributed by atoms with Crippen LogP contribution in [0.5, 0.6) is 5.75 Å². The number of Topliss-reactive ketones (excluding diaryl/α,β-unsaturated/α-hetero) is 1. The number of quaternary nitrogens is 1. The van der Waals surface area contributed by atoms with Gasteiger partial charge in [-0.05, 0) is 20.0 Å². The first-order chi connectivity index (χ1) is 12.7. The second-order valence-electron chi connectivity index (χ2n) is 7.27. The molecule has 0 saturated carbocycles. The molecule has 8 nitrogen and oxygen atoms in total. The Hall–Kier alpha value is -2.49. The van der Waals surface area contributed by atoms with E-state index in [0.717, 1.165) is 25.4 Å². The van der Waals surface area contributed by atoms with E-state index in [0.29, 0.717) is 13.1 Å². The molecule has 0 amide bonds. The molecule has 9 heteroatoms. The molecule has 1 fully saturated rings. The maximum absolute atomic E-state index is 15.0. The fraction of sp³-hybridized carbons (Fsp3) is 0.444. The third-order valence-corrected chi connectivity index (χ3v) is 5.52. The van der Waals surface area contributed by atoms with Crippen LogP contribution < -0.4 is 14.3 Å². The van der Waals surface area contributed by atoms with Gasteiger partial charge < -0.3 is 24.9 Å². The summed E-state index contributed by atoms with van der Waals surface area (Å²) in [6, 6.07) is 0.321. The van der Waals surface area contributed by atoms with Crippen LogP contribution in [0.3, 0.4) is 0 Å². The van der Waals surface area contributed by atoms with E-state index in [2.05, 4.69) is 4.90 Å². The minimum atomic E-state index is -1.50. The molecule has 27 heavy (non-hydrogen) atoms. The number of rotatable bonds is 2. The second kappa shape index (κ2) is 6.01. The van der Waals surface area contributed by atoms with Crippen LogP contribution in [0, 0.1) is 11.0 Å². The predicted octanol–water partition coefficient (Wildman–Crippen LogP) is 1.33. The number of carboxylic acid groups (broad SMARTS) is 1. The smallest absolute Gasteiger partial charge is 0.345 e. The number of carbonyl (C=O) groups excluding carboxylic acids is 1. The van der Waals surface area contributed by atoms with Crippen LogP contribution in [0.25, 0.3) is 0 Å². The summed E-state index contributed by atoms with van der Waals surface area (Å²) in [6.07, 6.45) is 0.912. The highest BCUT2D eigenvalue weighted by Gasteiger charge is 2.47. The number of piperazine rings is 1. The quantitative estimate of drug-likeness (QED) is 0.472. The van der Waals surface area contributed by atoms with Crippen molar-refractivity contribution in [1.29, 1.82) is 0 Å². The number of hydroxylamine groups is 2. The summed E-state index contributed by atoms with van der Waals surface area (Å²) in [5, 5.41) is 22.9. The first-order valence-electron chi connectivity index (χ1n) is 8.77. The number of aliphatic carboxylic acids is 1. The number of benzene rings is 1. The first kappa shape index (κ1) is 17.9. The molecule has 3 aliphatic rings. The topological polar surface area (TPSA) is 93.1 Å². The van der Waals surface area contributed by atoms with Gasteiger partial charge in [0.1, 0.15) is 24.5 Å². The zero-order valence-electron chi connectivity index (χ0n) is 15.1. The molecular formula is C18H20FN3O5. The lowest BCUT2D eigenvalue weighted by molar-refractivity contribution is -0.132. The van der Waals surface area contributed by atoms with Gasteiger partial charge in [0.05, 0.1) is 5.56 Å². The monoisotopic (exact) mass is 377 g/mol. The number of ketones is 1. The maximum atomic E-state index is 15.0. The molecule has 3 aliphatic heterocycles. The van der Waals surface area contributed by atoms with Gasteiger partial charge in [-0.15, -0.1) is 0 Å². The molecule has 1 aromatic rings. The lowest BCUT2D eigenvalue weighted by Gasteiger charge is -2.50. The van der Waals surface area contributed by atoms with Crippen LogP contribution in [0.2, 0.25) is 0 Å². The van der Waals surface area contributed by atoms with Crippen LogP contribution in [-0.2, 0) is 4.79 Å². The summed E-state index contributed by atoms with van der Waals surface area (Å²) < 4.78 is 19.6. The number of hydrogen-bond donors (Lipinski definition) is 1. The van der Waals surface area contributed by atoms with E-state index in [9.17, 15) is 19.9 Å². The van der Waals surface area contributed by atoms with Crippen molar-refractivity contribution in [2.24, 2.45) is 0 Å². The minimum absolute atomic E-state index is 0.000854. The van der Waals surface area contributed by atoms with Gasteiger partial charge in [-0.1, -0.05) is 0 Å². The average Bonchev–Trinajstić information content (AvgIpc) is 2.62. The molecule has 0 bridgehead atoms. The molecule has 4 rings (SSSR count). The van der Waals surface area contributed by atoms with E-state index < -0.39 is 33.8 Å². The van der Waals surface area contributed by atoms with E-state index in [1.807, 2.05) is 11.9 Å². The predicted molar refractivity (Wildman–Crippen MR) is 96.3 cm³/mol. The molecule has 2 unspecified atom stereocenters. The van der Waals surface area contributed by atoms with Crippen molar-refractivity contribution >= 4 is 23.1 Å². The molecule has 0 aliphatic carbocycles. The van der Waals surface area contributed by atoms with Gasteiger partial charge in [0, 0.05) is 26.2 Å². The Balaban J connectivity index is 1.93. The molecule has 1 aromatic carbocycles. The molecule has 0 spiro atoms. The number of carbonyl (C=O) groups is 2. The van der Waals surface area contributed by atoms with Gasteiger partial charge >= 0.3 is 5.97 Å². The number of ether oxygens (including phenoxy) is 1. The summed E-state index contributed by atoms with van der Waals surface area (Å²) in [5.41, 5.74) is -0.697. The summed E-state index contributed by atoms with van der Waals surface area (Å²) in [6.45, 7) is 4.18. The first-order valence-corrected chi connectivity index (χ1v) is 8.77. The highest BCUT2D eigenvalue weighted by atomic mass is 19.1. The largest absolute Gasteiger partial charge is 0.622 e. The van der Waals surface area contributed by atoms with E-state index in [-0.39, 0.29) is 29.3 Å². The van der Waals surface area contributed by atoms with Crippen molar-refractivity contribution in [3.8, 4) is 5.75 Å². The summed E-state index contributed by atoms with van der Waals surface area (Å²) >= 11 is 0. The lowest BCUT2D eigenvalue weighted by Crippen LogP contribution is -2.55. The Morgan fingerprint density at radius 1 is 1.37 bits per heavy atom. The molecule has 0 radical (unpaired) electrons. The van der Waals surface area contributed by atoms with Gasteiger partial charge in [0.2, 0.25) is 11.5 Å². The summed E-state index contributed by atoms with van der Waals surface area (Å²) in [5.74, 6) is -3.00. The zero-order chi connectivity index (χ0) is 19.5. The van der Waals surface area contributed by atoms with Crippen LogP contribution in [0.15, 0.2) is 17.8 Å². The van der Waals surface area contributed by atoms with Crippen molar-refractivity contribution in [2.45, 2.75) is 13.0 Å².